The Balaban J connectivity index is 2.40. The topological polar surface area (TPSA) is 49.1 Å². The fraction of sp³-hybridized carbons (Fsp3) is 0.500. The lowest BCUT2D eigenvalue weighted by Gasteiger charge is -2.17. The molecule has 0 fully saturated rings. The van der Waals surface area contributed by atoms with E-state index >= 15 is 0 Å². The molecule has 1 aromatic heterocycles. The third-order valence-electron chi connectivity index (χ3n) is 2.42. The molecular weight excluding hydrogens is 202 g/mol. The molecule has 0 saturated carbocycles. The molecule has 0 unspecified atom stereocenters. The Kier molecular flexibility index (Phi) is 5.30. The highest BCUT2D eigenvalue weighted by molar-refractivity contribution is 5.31. The lowest BCUT2D eigenvalue weighted by molar-refractivity contribution is 0.218. The molecule has 0 aliphatic rings. The van der Waals surface area contributed by atoms with Crippen molar-refractivity contribution in [3.8, 4) is 11.9 Å². The average Bonchev–Trinajstić information content (AvgIpc) is 2.35. The third-order valence-corrected chi connectivity index (χ3v) is 2.42. The molecule has 16 heavy (non-hydrogen) atoms. The lowest BCUT2D eigenvalue weighted by atomic mass is 10.3. The number of nitriles is 1. The smallest absolute Gasteiger partial charge is 0.214 e. The summed E-state index contributed by atoms with van der Waals surface area (Å²) in [6, 6.07) is 5.38. The predicted octanol–water partition coefficient (Wildman–Crippen LogP) is 1.67. The van der Waals surface area contributed by atoms with Gasteiger partial charge in [0, 0.05) is 18.8 Å². The van der Waals surface area contributed by atoms with Crippen LogP contribution in [0.4, 0.5) is 0 Å². The van der Waals surface area contributed by atoms with E-state index in [0.717, 1.165) is 19.6 Å². The van der Waals surface area contributed by atoms with Crippen molar-refractivity contribution in [2.45, 2.75) is 13.8 Å². The minimum absolute atomic E-state index is 0.520. The molecule has 86 valence electrons. The molecular formula is C12H17N3O. The summed E-state index contributed by atoms with van der Waals surface area (Å²) in [6.45, 7) is 7.77. The van der Waals surface area contributed by atoms with Gasteiger partial charge < -0.3 is 9.64 Å². The number of nitrogens with zero attached hydrogens (tertiary/aromatic N) is 3. The van der Waals surface area contributed by atoms with E-state index in [1.807, 2.05) is 0 Å². The molecule has 0 amide bonds. The zero-order valence-electron chi connectivity index (χ0n) is 9.81. The summed E-state index contributed by atoms with van der Waals surface area (Å²) in [7, 11) is 0. The van der Waals surface area contributed by atoms with Gasteiger partial charge in [-0.15, -0.1) is 0 Å². The lowest BCUT2D eigenvalue weighted by Crippen LogP contribution is -2.28. The molecule has 4 nitrogen and oxygen atoms in total. The summed E-state index contributed by atoms with van der Waals surface area (Å²) in [5.74, 6) is 0.520. The molecule has 0 aromatic carbocycles. The first-order chi connectivity index (χ1) is 7.80. The quantitative estimate of drug-likeness (QED) is 0.730. The second-order valence-electron chi connectivity index (χ2n) is 3.37. The van der Waals surface area contributed by atoms with E-state index in [0.29, 0.717) is 18.1 Å². The predicted molar refractivity (Wildman–Crippen MR) is 62.2 cm³/mol. The maximum absolute atomic E-state index is 8.71. The van der Waals surface area contributed by atoms with Crippen molar-refractivity contribution in [3.05, 3.63) is 23.9 Å². The van der Waals surface area contributed by atoms with Crippen LogP contribution in [0.5, 0.6) is 5.88 Å². The van der Waals surface area contributed by atoms with Gasteiger partial charge in [-0.25, -0.2) is 4.98 Å². The number of hydrogen-bond donors (Lipinski definition) is 0. The van der Waals surface area contributed by atoms with Crippen molar-refractivity contribution >= 4 is 0 Å². The van der Waals surface area contributed by atoms with Gasteiger partial charge in [0.15, 0.2) is 0 Å². The monoisotopic (exact) mass is 219 g/mol. The van der Waals surface area contributed by atoms with Gasteiger partial charge in [-0.2, -0.15) is 5.26 Å². The highest BCUT2D eigenvalue weighted by Gasteiger charge is 2.01. The standard InChI is InChI=1S/C12H17N3O/c1-3-15(4-2)7-8-16-12-9-11(10-13)5-6-14-12/h5-6,9H,3-4,7-8H2,1-2H3. The van der Waals surface area contributed by atoms with E-state index in [9.17, 15) is 0 Å². The van der Waals surface area contributed by atoms with Crippen LogP contribution < -0.4 is 4.74 Å². The van der Waals surface area contributed by atoms with E-state index in [1.165, 1.54) is 0 Å². The summed E-state index contributed by atoms with van der Waals surface area (Å²) in [5, 5.41) is 8.71. The van der Waals surface area contributed by atoms with Gasteiger partial charge in [0.1, 0.15) is 6.61 Å². The van der Waals surface area contributed by atoms with Gasteiger partial charge in [-0.3, -0.25) is 0 Å². The average molecular weight is 219 g/mol. The molecule has 0 radical (unpaired) electrons. The molecule has 0 spiro atoms. The number of ether oxygens (including phenoxy) is 1. The maximum atomic E-state index is 8.71. The van der Waals surface area contributed by atoms with Crippen LogP contribution in [-0.2, 0) is 0 Å². The Morgan fingerprint density at radius 2 is 2.19 bits per heavy atom. The molecule has 0 N–H and O–H groups in total. The minimum atomic E-state index is 0.520. The van der Waals surface area contributed by atoms with Crippen molar-refractivity contribution in [2.75, 3.05) is 26.2 Å². The van der Waals surface area contributed by atoms with Crippen LogP contribution >= 0.6 is 0 Å². The molecule has 0 bridgehead atoms. The Bertz CT molecular complexity index is 356. The fourth-order valence-electron chi connectivity index (χ4n) is 1.38. The number of pyridine rings is 1. The van der Waals surface area contributed by atoms with Crippen LogP contribution in [0.3, 0.4) is 0 Å². The van der Waals surface area contributed by atoms with Gasteiger partial charge in [0.25, 0.3) is 0 Å². The summed E-state index contributed by atoms with van der Waals surface area (Å²) < 4.78 is 5.48. The van der Waals surface area contributed by atoms with Crippen molar-refractivity contribution in [2.24, 2.45) is 0 Å². The molecule has 1 rings (SSSR count). The first kappa shape index (κ1) is 12.5. The zero-order valence-corrected chi connectivity index (χ0v) is 9.81. The molecule has 4 heteroatoms. The van der Waals surface area contributed by atoms with Crippen LogP contribution in [0.1, 0.15) is 19.4 Å². The Morgan fingerprint density at radius 1 is 1.44 bits per heavy atom. The third kappa shape index (κ3) is 3.87. The van der Waals surface area contributed by atoms with Crippen LogP contribution in [0.15, 0.2) is 18.3 Å². The van der Waals surface area contributed by atoms with Crippen LogP contribution in [0, 0.1) is 11.3 Å². The normalized spacial score (nSPS) is 10.1. The van der Waals surface area contributed by atoms with E-state index in [4.69, 9.17) is 10.00 Å². The molecule has 1 heterocycles. The van der Waals surface area contributed by atoms with E-state index in [1.54, 1.807) is 18.3 Å². The van der Waals surface area contributed by atoms with Crippen molar-refractivity contribution in [3.63, 3.8) is 0 Å². The van der Waals surface area contributed by atoms with Crippen molar-refractivity contribution in [1.29, 1.82) is 5.26 Å². The number of rotatable bonds is 6. The first-order valence-corrected chi connectivity index (χ1v) is 5.51. The van der Waals surface area contributed by atoms with Crippen molar-refractivity contribution < 1.29 is 4.74 Å². The van der Waals surface area contributed by atoms with Crippen LogP contribution in [0.25, 0.3) is 0 Å². The first-order valence-electron chi connectivity index (χ1n) is 5.51. The van der Waals surface area contributed by atoms with E-state index in [-0.39, 0.29) is 0 Å². The van der Waals surface area contributed by atoms with Gasteiger partial charge in [-0.05, 0) is 19.2 Å². The fourth-order valence-corrected chi connectivity index (χ4v) is 1.38. The molecule has 0 aliphatic heterocycles. The number of aromatic nitrogens is 1. The molecule has 0 atom stereocenters. The molecule has 0 saturated heterocycles. The zero-order chi connectivity index (χ0) is 11.8. The maximum Gasteiger partial charge on any atom is 0.214 e. The second kappa shape index (κ2) is 6.81. The summed E-state index contributed by atoms with van der Waals surface area (Å²) >= 11 is 0. The minimum Gasteiger partial charge on any atom is -0.476 e. The van der Waals surface area contributed by atoms with Gasteiger partial charge >= 0.3 is 0 Å². The highest BCUT2D eigenvalue weighted by Crippen LogP contribution is 2.07. The summed E-state index contributed by atoms with van der Waals surface area (Å²) in [5.41, 5.74) is 0.577. The Labute approximate surface area is 96.5 Å². The number of hydrogen-bond acceptors (Lipinski definition) is 4. The second-order valence-corrected chi connectivity index (χ2v) is 3.37. The van der Waals surface area contributed by atoms with Crippen molar-refractivity contribution in [1.82, 2.24) is 9.88 Å². The van der Waals surface area contributed by atoms with Gasteiger partial charge in [0.2, 0.25) is 5.88 Å². The number of likely N-dealkylation sites (N-methyl/N-ethyl adjacent to an activating group) is 1. The largest absolute Gasteiger partial charge is 0.476 e. The molecule has 0 aliphatic carbocycles. The van der Waals surface area contributed by atoms with E-state index < -0.39 is 0 Å². The van der Waals surface area contributed by atoms with E-state index in [2.05, 4.69) is 29.8 Å². The summed E-state index contributed by atoms with van der Waals surface area (Å²) in [6.07, 6.45) is 1.59. The van der Waals surface area contributed by atoms with Gasteiger partial charge in [0.05, 0.1) is 11.6 Å². The Hall–Kier alpha value is -1.60. The van der Waals surface area contributed by atoms with Gasteiger partial charge in [-0.1, -0.05) is 13.8 Å². The van der Waals surface area contributed by atoms with Crippen LogP contribution in [-0.4, -0.2) is 36.1 Å². The van der Waals surface area contributed by atoms with Crippen LogP contribution in [0.2, 0.25) is 0 Å². The highest BCUT2D eigenvalue weighted by atomic mass is 16.5. The SMILES string of the molecule is CCN(CC)CCOc1cc(C#N)ccn1. The summed E-state index contributed by atoms with van der Waals surface area (Å²) in [4.78, 5) is 6.32. The molecule has 1 aromatic rings. The Morgan fingerprint density at radius 3 is 2.81 bits per heavy atom.